The van der Waals surface area contributed by atoms with Gasteiger partial charge in [-0.25, -0.2) is 4.98 Å². The summed E-state index contributed by atoms with van der Waals surface area (Å²) in [5.74, 6) is 2.27. The molecule has 102 valence electrons. The molecule has 0 saturated heterocycles. The Balaban J connectivity index is 1.97. The summed E-state index contributed by atoms with van der Waals surface area (Å²) >= 11 is 1.95. The van der Waals surface area contributed by atoms with E-state index in [-0.39, 0.29) is 0 Å². The van der Waals surface area contributed by atoms with Gasteiger partial charge in [-0.1, -0.05) is 34.6 Å². The minimum absolute atomic E-state index is 0.483. The fourth-order valence-electron chi connectivity index (χ4n) is 2.96. The smallest absolute Gasteiger partial charge is 0.0958 e. The van der Waals surface area contributed by atoms with Crippen LogP contribution in [0.3, 0.4) is 0 Å². The third kappa shape index (κ3) is 3.14. The predicted molar refractivity (Wildman–Crippen MR) is 80.4 cm³/mol. The van der Waals surface area contributed by atoms with Crippen molar-refractivity contribution in [2.45, 2.75) is 72.1 Å². The van der Waals surface area contributed by atoms with E-state index in [4.69, 9.17) is 0 Å². The lowest BCUT2D eigenvalue weighted by Crippen LogP contribution is -2.25. The maximum atomic E-state index is 4.67. The minimum Gasteiger partial charge on any atom is -0.249 e. The number of hydrogen-bond acceptors (Lipinski definition) is 2. The molecule has 0 radical (unpaired) electrons. The summed E-state index contributed by atoms with van der Waals surface area (Å²) in [5, 5.41) is 1.39. The molecule has 1 aliphatic rings. The summed E-state index contributed by atoms with van der Waals surface area (Å²) in [6, 6.07) is 0. The number of aromatic nitrogens is 1. The van der Waals surface area contributed by atoms with Crippen molar-refractivity contribution in [3.63, 3.8) is 0 Å². The van der Waals surface area contributed by atoms with Crippen molar-refractivity contribution in [1.29, 1.82) is 0 Å². The average molecular weight is 265 g/mol. The number of hydrogen-bond donors (Lipinski definition) is 0. The van der Waals surface area contributed by atoms with Crippen molar-refractivity contribution in [3.8, 4) is 0 Å². The van der Waals surface area contributed by atoms with Gasteiger partial charge in [0.25, 0.3) is 0 Å². The maximum Gasteiger partial charge on any atom is 0.0958 e. The van der Waals surface area contributed by atoms with Crippen LogP contribution in [-0.2, 0) is 0 Å². The maximum absolute atomic E-state index is 4.67. The first-order chi connectivity index (χ1) is 8.38. The molecule has 2 rings (SSSR count). The lowest BCUT2D eigenvalue weighted by molar-refractivity contribution is 0.169. The number of thiazole rings is 1. The van der Waals surface area contributed by atoms with Crippen LogP contribution in [-0.4, -0.2) is 4.98 Å². The Kier molecular flexibility index (Phi) is 4.15. The molecule has 0 spiro atoms. The van der Waals surface area contributed by atoms with E-state index in [2.05, 4.69) is 45.8 Å². The lowest BCUT2D eigenvalue weighted by atomic mass is 9.70. The largest absolute Gasteiger partial charge is 0.249 e. The molecule has 1 fully saturated rings. The summed E-state index contributed by atoms with van der Waals surface area (Å²) in [4.78, 5) is 6.11. The first-order valence-corrected chi connectivity index (χ1v) is 8.15. The standard InChI is InChI=1S/C16H27NS/c1-11(2)14-10-17-15(18-14)12-6-8-13(9-7-12)16(3,4)5/h10-13H,6-9H2,1-5H3. The first kappa shape index (κ1) is 14.0. The van der Waals surface area contributed by atoms with E-state index in [0.29, 0.717) is 11.3 Å². The van der Waals surface area contributed by atoms with Crippen LogP contribution in [0.1, 0.15) is 82.0 Å². The van der Waals surface area contributed by atoms with E-state index >= 15 is 0 Å². The van der Waals surface area contributed by atoms with E-state index in [0.717, 1.165) is 11.8 Å². The Morgan fingerprint density at radius 2 is 1.78 bits per heavy atom. The highest BCUT2D eigenvalue weighted by atomic mass is 32.1. The Morgan fingerprint density at radius 3 is 2.22 bits per heavy atom. The van der Waals surface area contributed by atoms with Crippen molar-refractivity contribution in [2.24, 2.45) is 11.3 Å². The first-order valence-electron chi connectivity index (χ1n) is 7.33. The van der Waals surface area contributed by atoms with E-state index < -0.39 is 0 Å². The summed E-state index contributed by atoms with van der Waals surface area (Å²) in [5.41, 5.74) is 0.483. The van der Waals surface area contributed by atoms with Gasteiger partial charge in [-0.2, -0.15) is 0 Å². The number of nitrogens with zero attached hydrogens (tertiary/aromatic N) is 1. The summed E-state index contributed by atoms with van der Waals surface area (Å²) in [6.07, 6.45) is 7.54. The lowest BCUT2D eigenvalue weighted by Gasteiger charge is -2.36. The second-order valence-electron chi connectivity index (χ2n) is 7.17. The third-order valence-electron chi connectivity index (χ3n) is 4.41. The molecule has 1 aromatic heterocycles. The second-order valence-corrected chi connectivity index (χ2v) is 8.26. The molecule has 2 heteroatoms. The van der Waals surface area contributed by atoms with E-state index in [1.54, 1.807) is 0 Å². The van der Waals surface area contributed by atoms with Crippen molar-refractivity contribution >= 4 is 11.3 Å². The monoisotopic (exact) mass is 265 g/mol. The fraction of sp³-hybridized carbons (Fsp3) is 0.812. The van der Waals surface area contributed by atoms with Crippen molar-refractivity contribution in [2.75, 3.05) is 0 Å². The Hall–Kier alpha value is -0.370. The van der Waals surface area contributed by atoms with Gasteiger partial charge < -0.3 is 0 Å². The predicted octanol–water partition coefficient (Wildman–Crippen LogP) is 5.59. The zero-order chi connectivity index (χ0) is 13.3. The van der Waals surface area contributed by atoms with Crippen molar-refractivity contribution < 1.29 is 0 Å². The third-order valence-corrected chi connectivity index (χ3v) is 5.87. The van der Waals surface area contributed by atoms with Gasteiger partial charge in [-0.05, 0) is 42.9 Å². The van der Waals surface area contributed by atoms with Gasteiger partial charge >= 0.3 is 0 Å². The zero-order valence-corrected chi connectivity index (χ0v) is 13.3. The van der Waals surface area contributed by atoms with Crippen LogP contribution in [0.2, 0.25) is 0 Å². The SMILES string of the molecule is CC(C)c1cnc(C2CCC(C(C)(C)C)CC2)s1. The van der Waals surface area contributed by atoms with Crippen molar-refractivity contribution in [3.05, 3.63) is 16.1 Å². The summed E-state index contributed by atoms with van der Waals surface area (Å²) < 4.78 is 0. The molecule has 0 aliphatic heterocycles. The topological polar surface area (TPSA) is 12.9 Å². The van der Waals surface area contributed by atoms with Crippen LogP contribution in [0.15, 0.2) is 6.20 Å². The normalized spacial score (nSPS) is 25.7. The molecular weight excluding hydrogens is 238 g/mol. The van der Waals surface area contributed by atoms with E-state index in [1.807, 2.05) is 11.3 Å². The van der Waals surface area contributed by atoms with E-state index in [1.165, 1.54) is 35.6 Å². The Labute approximate surface area is 116 Å². The van der Waals surface area contributed by atoms with Gasteiger partial charge in [0.05, 0.1) is 5.01 Å². The van der Waals surface area contributed by atoms with Crippen LogP contribution >= 0.6 is 11.3 Å². The minimum atomic E-state index is 0.483. The molecule has 0 unspecified atom stereocenters. The molecule has 0 amide bonds. The molecule has 1 nitrogen and oxygen atoms in total. The number of rotatable bonds is 2. The van der Waals surface area contributed by atoms with Crippen LogP contribution in [0, 0.1) is 11.3 Å². The second kappa shape index (κ2) is 5.32. The summed E-state index contributed by atoms with van der Waals surface area (Å²) in [6.45, 7) is 11.7. The molecule has 0 atom stereocenters. The van der Waals surface area contributed by atoms with Crippen LogP contribution in [0.5, 0.6) is 0 Å². The average Bonchev–Trinajstić information content (AvgIpc) is 2.77. The Bertz CT molecular complexity index is 378. The zero-order valence-electron chi connectivity index (χ0n) is 12.5. The quantitative estimate of drug-likeness (QED) is 0.679. The molecule has 0 aromatic carbocycles. The summed E-state index contributed by atoms with van der Waals surface area (Å²) in [7, 11) is 0. The molecule has 18 heavy (non-hydrogen) atoms. The molecule has 1 aromatic rings. The molecule has 1 heterocycles. The van der Waals surface area contributed by atoms with Gasteiger partial charge in [-0.3, -0.25) is 0 Å². The molecule has 1 aliphatic carbocycles. The van der Waals surface area contributed by atoms with Gasteiger partial charge in [0.15, 0.2) is 0 Å². The highest BCUT2D eigenvalue weighted by Gasteiger charge is 2.31. The van der Waals surface area contributed by atoms with E-state index in [9.17, 15) is 0 Å². The van der Waals surface area contributed by atoms with Gasteiger partial charge in [0.2, 0.25) is 0 Å². The molecule has 1 saturated carbocycles. The van der Waals surface area contributed by atoms with Crippen LogP contribution in [0.25, 0.3) is 0 Å². The highest BCUT2D eigenvalue weighted by Crippen LogP contribution is 2.44. The molecule has 0 N–H and O–H groups in total. The van der Waals surface area contributed by atoms with Gasteiger partial charge in [-0.15, -0.1) is 11.3 Å². The molecular formula is C16H27NS. The van der Waals surface area contributed by atoms with Crippen LogP contribution < -0.4 is 0 Å². The van der Waals surface area contributed by atoms with Gasteiger partial charge in [0.1, 0.15) is 0 Å². The van der Waals surface area contributed by atoms with Crippen LogP contribution in [0.4, 0.5) is 0 Å². The van der Waals surface area contributed by atoms with Gasteiger partial charge in [0, 0.05) is 17.0 Å². The highest BCUT2D eigenvalue weighted by molar-refractivity contribution is 7.11. The molecule has 0 bridgehead atoms. The Morgan fingerprint density at radius 1 is 1.17 bits per heavy atom. The fourth-order valence-corrected chi connectivity index (χ4v) is 4.05. The van der Waals surface area contributed by atoms with Crippen molar-refractivity contribution in [1.82, 2.24) is 4.98 Å².